The number of amides is 4. The number of benzene rings is 2. The van der Waals surface area contributed by atoms with Gasteiger partial charge in [0.05, 0.1) is 18.4 Å². The highest BCUT2D eigenvalue weighted by molar-refractivity contribution is 5.94. The predicted octanol–water partition coefficient (Wildman–Crippen LogP) is 3.89. The number of nitrogens with zero attached hydrogens (tertiary/aromatic N) is 5. The maximum Gasteiger partial charge on any atom is 0.490 e. The van der Waals surface area contributed by atoms with E-state index in [4.69, 9.17) is 4.74 Å². The Morgan fingerprint density at radius 1 is 0.900 bits per heavy atom. The summed E-state index contributed by atoms with van der Waals surface area (Å²) in [6.45, 7) is 11.3. The molecule has 0 radical (unpaired) electrons. The molecule has 60 heavy (non-hydrogen) atoms. The number of carbonyl (C=O) groups excluding carboxylic acids is 4. The monoisotopic (exact) mass is 838 g/mol. The van der Waals surface area contributed by atoms with Gasteiger partial charge in [-0.05, 0) is 45.2 Å². The quantitative estimate of drug-likeness (QED) is 0.0627. The van der Waals surface area contributed by atoms with Crippen molar-refractivity contribution in [3.8, 4) is 0 Å². The van der Waals surface area contributed by atoms with E-state index in [-0.39, 0.29) is 61.2 Å². The standard InChI is InChI=1S/C41H53F3N10O6/c1-6-31(55)50-29-21-30(33(56)34(29)60-39(58)41(42,43)44)54-23-49-32-35(48-22-28(26-13-9-7-10-14-26)27-15-11-8-12-16-27)51-36(52-37(32)54)38(57)45-17-18-46-40(59)47-19-20-53(24(2)3)25(4)5/h7-16,23-25,28-30,33-34,56H,6,17-22H2,1-5H3,(H,45,57)(H,50,55)(H2,46,47,59)(H,48,51,52)/t29-,30+,33-,34+/m0/s1. The highest BCUT2D eigenvalue weighted by atomic mass is 19.4. The summed E-state index contributed by atoms with van der Waals surface area (Å²) in [4.78, 5) is 66.2. The smallest absolute Gasteiger partial charge is 0.451 e. The molecule has 2 aromatic heterocycles. The third kappa shape index (κ3) is 11.5. The van der Waals surface area contributed by atoms with Crippen LogP contribution < -0.4 is 26.6 Å². The molecule has 0 unspecified atom stereocenters. The molecule has 1 fully saturated rings. The summed E-state index contributed by atoms with van der Waals surface area (Å²) in [5, 5.41) is 25.5. The molecule has 4 amide bonds. The minimum Gasteiger partial charge on any atom is -0.451 e. The van der Waals surface area contributed by atoms with Crippen LogP contribution >= 0.6 is 0 Å². The number of aliphatic hydroxyl groups is 1. The summed E-state index contributed by atoms with van der Waals surface area (Å²) in [5.41, 5.74) is 2.20. The number of hydrogen-bond acceptors (Lipinski definition) is 11. The normalized spacial score (nSPS) is 17.9. The first-order valence-corrected chi connectivity index (χ1v) is 20.0. The lowest BCUT2D eigenvalue weighted by Gasteiger charge is -2.30. The molecule has 1 saturated carbocycles. The maximum absolute atomic E-state index is 13.6. The number of urea groups is 1. The van der Waals surface area contributed by atoms with Crippen LogP contribution in [0.25, 0.3) is 11.2 Å². The highest BCUT2D eigenvalue weighted by Gasteiger charge is 2.51. The number of nitrogens with one attached hydrogen (secondary N) is 5. The van der Waals surface area contributed by atoms with Gasteiger partial charge in [-0.1, -0.05) is 67.6 Å². The minimum absolute atomic E-state index is 0.0102. The largest absolute Gasteiger partial charge is 0.490 e. The summed E-state index contributed by atoms with van der Waals surface area (Å²) >= 11 is 0. The SMILES string of the molecule is CCC(=O)N[C@H]1C[C@@H](n2cnc3c(NCC(c4ccccc4)c4ccccc4)nc(C(=O)NCCNC(=O)NCCN(C(C)C)C(C)C)nc32)[C@H](O)[C@@H]1OC(=O)C(F)(F)F. The van der Waals surface area contributed by atoms with E-state index in [1.54, 1.807) is 0 Å². The first kappa shape index (κ1) is 45.3. The Labute approximate surface area is 346 Å². The average molecular weight is 839 g/mol. The minimum atomic E-state index is -5.35. The summed E-state index contributed by atoms with van der Waals surface area (Å²) in [5.74, 6) is -4.10. The molecule has 4 aromatic rings. The molecule has 0 aliphatic heterocycles. The molecular formula is C41H53F3N10O6. The number of halogens is 3. The first-order chi connectivity index (χ1) is 28.6. The molecule has 16 nitrogen and oxygen atoms in total. The Morgan fingerprint density at radius 3 is 2.08 bits per heavy atom. The van der Waals surface area contributed by atoms with Crippen LogP contribution in [0.4, 0.5) is 23.8 Å². The zero-order chi connectivity index (χ0) is 43.6. The van der Waals surface area contributed by atoms with Crippen LogP contribution in [-0.4, -0.2) is 123 Å². The Hall–Kier alpha value is -5.82. The molecular weight excluding hydrogens is 786 g/mol. The van der Waals surface area contributed by atoms with Crippen LogP contribution in [0.15, 0.2) is 67.0 Å². The van der Waals surface area contributed by atoms with Crippen molar-refractivity contribution < 1.29 is 42.2 Å². The number of hydrogen-bond donors (Lipinski definition) is 6. The Kier molecular flexibility index (Phi) is 15.4. The lowest BCUT2D eigenvalue weighted by molar-refractivity contribution is -0.209. The van der Waals surface area contributed by atoms with E-state index in [0.29, 0.717) is 25.2 Å². The van der Waals surface area contributed by atoms with Gasteiger partial charge in [-0.2, -0.15) is 13.2 Å². The molecule has 1 aliphatic carbocycles. The Balaban J connectivity index is 1.41. The van der Waals surface area contributed by atoms with Crippen LogP contribution in [0.1, 0.15) is 81.2 Å². The summed E-state index contributed by atoms with van der Waals surface area (Å²) < 4.78 is 46.0. The second kappa shape index (κ2) is 20.4. The zero-order valence-electron chi connectivity index (χ0n) is 34.2. The number of carbonyl (C=O) groups is 4. The van der Waals surface area contributed by atoms with Crippen LogP contribution in [0, 0.1) is 0 Å². The third-order valence-corrected chi connectivity index (χ3v) is 10.3. The lowest BCUT2D eigenvalue weighted by atomic mass is 9.91. The van der Waals surface area contributed by atoms with Crippen LogP contribution in [0.3, 0.4) is 0 Å². The summed E-state index contributed by atoms with van der Waals surface area (Å²) in [7, 11) is 0. The molecule has 4 atom stereocenters. The van der Waals surface area contributed by atoms with Gasteiger partial charge in [0.25, 0.3) is 5.91 Å². The van der Waals surface area contributed by atoms with E-state index in [1.165, 1.54) is 17.8 Å². The van der Waals surface area contributed by atoms with Gasteiger partial charge in [0.15, 0.2) is 17.6 Å². The Morgan fingerprint density at radius 2 is 1.50 bits per heavy atom. The molecule has 5 rings (SSSR count). The molecule has 324 valence electrons. The fourth-order valence-corrected chi connectivity index (χ4v) is 7.35. The molecule has 6 N–H and O–H groups in total. The van der Waals surface area contributed by atoms with E-state index in [2.05, 4.69) is 74.1 Å². The van der Waals surface area contributed by atoms with Crippen molar-refractivity contribution in [2.24, 2.45) is 0 Å². The molecule has 0 spiro atoms. The van der Waals surface area contributed by atoms with Gasteiger partial charge < -0.3 is 41.0 Å². The number of anilines is 1. The molecule has 2 aromatic carbocycles. The number of alkyl halides is 3. The van der Waals surface area contributed by atoms with Crippen LogP contribution in [0.2, 0.25) is 0 Å². The van der Waals surface area contributed by atoms with Gasteiger partial charge in [-0.15, -0.1) is 0 Å². The van der Waals surface area contributed by atoms with Crippen molar-refractivity contribution in [3.05, 3.63) is 83.9 Å². The number of esters is 1. The summed E-state index contributed by atoms with van der Waals surface area (Å²) in [6.07, 6.45) is -7.78. The van der Waals surface area contributed by atoms with Crippen LogP contribution in [-0.2, 0) is 14.3 Å². The number of imidazole rings is 1. The Bertz CT molecular complexity index is 2020. The lowest BCUT2D eigenvalue weighted by Crippen LogP contribution is -2.47. The highest BCUT2D eigenvalue weighted by Crippen LogP contribution is 2.37. The van der Waals surface area contributed by atoms with Gasteiger partial charge in [0.1, 0.15) is 11.6 Å². The molecule has 0 bridgehead atoms. The molecule has 19 heteroatoms. The van der Waals surface area contributed by atoms with Gasteiger partial charge in [-0.25, -0.2) is 24.5 Å². The van der Waals surface area contributed by atoms with E-state index < -0.39 is 54.3 Å². The summed E-state index contributed by atoms with van der Waals surface area (Å²) in [6, 6.07) is 17.4. The second-order valence-electron chi connectivity index (χ2n) is 15.0. The van der Waals surface area contributed by atoms with Crippen molar-refractivity contribution in [1.82, 2.24) is 45.7 Å². The second-order valence-corrected chi connectivity index (χ2v) is 15.0. The fraction of sp³-hybridized carbons (Fsp3) is 0.488. The van der Waals surface area contributed by atoms with Gasteiger partial charge in [0.2, 0.25) is 11.7 Å². The van der Waals surface area contributed by atoms with Crippen molar-refractivity contribution in [1.29, 1.82) is 0 Å². The number of rotatable bonds is 18. The van der Waals surface area contributed by atoms with Crippen molar-refractivity contribution >= 4 is 40.8 Å². The topological polar surface area (TPSA) is 205 Å². The predicted molar refractivity (Wildman–Crippen MR) is 217 cm³/mol. The first-order valence-electron chi connectivity index (χ1n) is 20.0. The maximum atomic E-state index is 13.6. The van der Waals surface area contributed by atoms with E-state index in [1.807, 2.05) is 60.7 Å². The number of fused-ring (bicyclic) bond motifs is 1. The van der Waals surface area contributed by atoms with Crippen molar-refractivity contribution in [2.75, 3.05) is 38.0 Å². The number of ether oxygens (including phenoxy) is 1. The van der Waals surface area contributed by atoms with Gasteiger partial charge >= 0.3 is 18.2 Å². The van der Waals surface area contributed by atoms with E-state index in [0.717, 1.165) is 11.1 Å². The van der Waals surface area contributed by atoms with Gasteiger partial charge in [0, 0.05) is 57.1 Å². The van der Waals surface area contributed by atoms with Crippen molar-refractivity contribution in [3.63, 3.8) is 0 Å². The van der Waals surface area contributed by atoms with Gasteiger partial charge in [-0.3, -0.25) is 14.5 Å². The van der Waals surface area contributed by atoms with E-state index >= 15 is 0 Å². The molecule has 1 aliphatic rings. The van der Waals surface area contributed by atoms with Crippen molar-refractivity contribution in [2.45, 2.75) is 95.9 Å². The van der Waals surface area contributed by atoms with Crippen LogP contribution in [0.5, 0.6) is 0 Å². The fourth-order valence-electron chi connectivity index (χ4n) is 7.35. The molecule has 0 saturated heterocycles. The van der Waals surface area contributed by atoms with E-state index in [9.17, 15) is 37.5 Å². The average Bonchev–Trinajstić information content (AvgIpc) is 3.77. The number of aromatic nitrogens is 4. The molecule has 2 heterocycles. The number of aliphatic hydroxyl groups excluding tert-OH is 1. The zero-order valence-corrected chi connectivity index (χ0v) is 34.2. The third-order valence-electron chi connectivity index (χ3n) is 10.3.